The number of aromatic nitrogens is 2. The average molecular weight is 318 g/mol. The Bertz CT molecular complexity index is 596. The molecule has 0 bridgehead atoms. The lowest BCUT2D eigenvalue weighted by Crippen LogP contribution is -2.26. The van der Waals surface area contributed by atoms with Gasteiger partial charge in [0.2, 0.25) is 0 Å². The summed E-state index contributed by atoms with van der Waals surface area (Å²) in [6, 6.07) is 1.62. The second-order valence-corrected chi connectivity index (χ2v) is 8.95. The van der Waals surface area contributed by atoms with Gasteiger partial charge in [-0.3, -0.25) is 0 Å². The summed E-state index contributed by atoms with van der Waals surface area (Å²) in [6.45, 7) is 6.39. The van der Waals surface area contributed by atoms with Crippen molar-refractivity contribution in [2.45, 2.75) is 44.3 Å². The molecule has 0 spiro atoms. The summed E-state index contributed by atoms with van der Waals surface area (Å²) in [5.74, 6) is 1.51. The molecule has 1 aliphatic rings. The maximum atomic E-state index is 11.8. The van der Waals surface area contributed by atoms with Crippen LogP contribution in [0.3, 0.4) is 0 Å². The first-order valence-electron chi connectivity index (χ1n) is 6.69. The Morgan fingerprint density at radius 1 is 1.40 bits per heavy atom. The second kappa shape index (κ2) is 5.48. The highest BCUT2D eigenvalue weighted by atomic mass is 35.5. The highest BCUT2D eigenvalue weighted by Gasteiger charge is 2.31. The molecule has 0 aliphatic carbocycles. The third-order valence-electron chi connectivity index (χ3n) is 3.34. The SMILES string of the molecule is CC(C)(C)c1nc(Cl)cc(NCC2CCCS2(=O)=O)n1. The Balaban J connectivity index is 2.12. The van der Waals surface area contributed by atoms with Gasteiger partial charge in [0.15, 0.2) is 9.84 Å². The highest BCUT2D eigenvalue weighted by molar-refractivity contribution is 7.92. The zero-order valence-corrected chi connectivity index (χ0v) is 13.6. The van der Waals surface area contributed by atoms with Crippen molar-refractivity contribution in [3.05, 3.63) is 17.0 Å². The van der Waals surface area contributed by atoms with Crippen LogP contribution in [0.2, 0.25) is 5.15 Å². The Morgan fingerprint density at radius 3 is 2.65 bits per heavy atom. The Morgan fingerprint density at radius 2 is 2.10 bits per heavy atom. The van der Waals surface area contributed by atoms with Crippen molar-refractivity contribution >= 4 is 27.3 Å². The van der Waals surface area contributed by atoms with E-state index in [-0.39, 0.29) is 16.4 Å². The number of anilines is 1. The summed E-state index contributed by atoms with van der Waals surface area (Å²) < 4.78 is 23.6. The topological polar surface area (TPSA) is 72.0 Å². The largest absolute Gasteiger partial charge is 0.369 e. The summed E-state index contributed by atoms with van der Waals surface area (Å²) in [5.41, 5.74) is -0.208. The van der Waals surface area contributed by atoms with Gasteiger partial charge in [-0.15, -0.1) is 0 Å². The zero-order valence-electron chi connectivity index (χ0n) is 12.0. The predicted octanol–water partition coefficient (Wildman–Crippen LogP) is 2.42. The van der Waals surface area contributed by atoms with Crippen molar-refractivity contribution in [2.75, 3.05) is 17.6 Å². The monoisotopic (exact) mass is 317 g/mol. The van der Waals surface area contributed by atoms with Gasteiger partial charge in [0, 0.05) is 18.0 Å². The lowest BCUT2D eigenvalue weighted by molar-refractivity contribution is 0.545. The van der Waals surface area contributed by atoms with E-state index < -0.39 is 9.84 Å². The van der Waals surface area contributed by atoms with Crippen molar-refractivity contribution in [1.29, 1.82) is 0 Å². The van der Waals surface area contributed by atoms with Crippen LogP contribution >= 0.6 is 11.6 Å². The van der Waals surface area contributed by atoms with Gasteiger partial charge in [-0.25, -0.2) is 18.4 Å². The molecule has 1 unspecified atom stereocenters. The number of sulfone groups is 1. The van der Waals surface area contributed by atoms with E-state index in [0.717, 1.165) is 6.42 Å². The minimum Gasteiger partial charge on any atom is -0.369 e. The second-order valence-electron chi connectivity index (χ2n) is 6.16. The van der Waals surface area contributed by atoms with E-state index in [1.54, 1.807) is 6.07 Å². The lowest BCUT2D eigenvalue weighted by Gasteiger charge is -2.18. The normalized spacial score (nSPS) is 21.9. The van der Waals surface area contributed by atoms with Crippen LogP contribution in [0, 0.1) is 0 Å². The highest BCUT2D eigenvalue weighted by Crippen LogP contribution is 2.24. The first-order valence-corrected chi connectivity index (χ1v) is 8.78. The molecule has 1 N–H and O–H groups in total. The van der Waals surface area contributed by atoms with Crippen molar-refractivity contribution in [2.24, 2.45) is 0 Å². The molecule has 5 nitrogen and oxygen atoms in total. The number of nitrogens with one attached hydrogen (secondary N) is 1. The molecule has 1 aliphatic heterocycles. The van der Waals surface area contributed by atoms with E-state index in [0.29, 0.717) is 29.8 Å². The van der Waals surface area contributed by atoms with Crippen molar-refractivity contribution in [3.8, 4) is 0 Å². The molecule has 1 atom stereocenters. The minimum absolute atomic E-state index is 0.208. The molecule has 112 valence electrons. The van der Waals surface area contributed by atoms with E-state index in [1.165, 1.54) is 0 Å². The maximum absolute atomic E-state index is 11.8. The van der Waals surface area contributed by atoms with E-state index in [1.807, 2.05) is 20.8 Å². The van der Waals surface area contributed by atoms with Crippen molar-refractivity contribution < 1.29 is 8.42 Å². The minimum atomic E-state index is -2.94. The fourth-order valence-corrected chi connectivity index (χ4v) is 4.10. The first kappa shape index (κ1) is 15.5. The van der Waals surface area contributed by atoms with Crippen LogP contribution in [0.15, 0.2) is 6.07 Å². The molecular formula is C13H20ClN3O2S. The van der Waals surface area contributed by atoms with Crippen LogP contribution in [-0.4, -0.2) is 35.9 Å². The Hall–Kier alpha value is -0.880. The van der Waals surface area contributed by atoms with Crippen molar-refractivity contribution in [3.63, 3.8) is 0 Å². The van der Waals surface area contributed by atoms with E-state index in [9.17, 15) is 8.42 Å². The molecule has 0 radical (unpaired) electrons. The molecule has 0 saturated carbocycles. The van der Waals surface area contributed by atoms with E-state index >= 15 is 0 Å². The van der Waals surface area contributed by atoms with Crippen LogP contribution in [0.5, 0.6) is 0 Å². The molecule has 7 heteroatoms. The molecule has 20 heavy (non-hydrogen) atoms. The molecule has 2 heterocycles. The Kier molecular flexibility index (Phi) is 4.25. The number of hydrogen-bond donors (Lipinski definition) is 1. The number of nitrogens with zero attached hydrogens (tertiary/aromatic N) is 2. The van der Waals surface area contributed by atoms with Gasteiger partial charge in [0.1, 0.15) is 16.8 Å². The predicted molar refractivity (Wildman–Crippen MR) is 81.0 cm³/mol. The molecule has 0 amide bonds. The van der Waals surface area contributed by atoms with Gasteiger partial charge in [-0.2, -0.15) is 0 Å². The molecule has 1 saturated heterocycles. The fourth-order valence-electron chi connectivity index (χ4n) is 2.15. The fraction of sp³-hybridized carbons (Fsp3) is 0.692. The van der Waals surface area contributed by atoms with Crippen LogP contribution < -0.4 is 5.32 Å². The summed E-state index contributed by atoms with van der Waals surface area (Å²) >= 11 is 6.00. The zero-order chi connectivity index (χ0) is 15.0. The average Bonchev–Trinajstić information content (AvgIpc) is 2.64. The third-order valence-corrected chi connectivity index (χ3v) is 5.81. The maximum Gasteiger partial charge on any atom is 0.154 e. The van der Waals surface area contributed by atoms with Crippen molar-refractivity contribution in [1.82, 2.24) is 9.97 Å². The molecule has 2 rings (SSSR count). The number of rotatable bonds is 3. The number of halogens is 1. The standard InChI is InChI=1S/C13H20ClN3O2S/c1-13(2,3)12-16-10(14)7-11(17-12)15-8-9-5-4-6-20(9,18)19/h7,9H,4-6,8H2,1-3H3,(H,15,16,17). The smallest absolute Gasteiger partial charge is 0.154 e. The molecule has 1 aromatic heterocycles. The van der Waals surface area contributed by atoms with Gasteiger partial charge in [-0.05, 0) is 12.8 Å². The molecule has 0 aromatic carbocycles. The summed E-state index contributed by atoms with van der Waals surface area (Å²) in [4.78, 5) is 8.62. The van der Waals surface area contributed by atoms with Crippen LogP contribution in [0.25, 0.3) is 0 Å². The van der Waals surface area contributed by atoms with E-state index in [2.05, 4.69) is 15.3 Å². The van der Waals surface area contributed by atoms with Gasteiger partial charge in [0.05, 0.1) is 11.0 Å². The van der Waals surface area contributed by atoms with E-state index in [4.69, 9.17) is 11.6 Å². The first-order chi connectivity index (χ1) is 9.18. The lowest BCUT2D eigenvalue weighted by atomic mass is 9.96. The molecular weight excluding hydrogens is 298 g/mol. The van der Waals surface area contributed by atoms with Gasteiger partial charge in [-0.1, -0.05) is 32.4 Å². The van der Waals surface area contributed by atoms with Crippen LogP contribution in [0.1, 0.15) is 39.4 Å². The summed E-state index contributed by atoms with van der Waals surface area (Å²) in [5, 5.41) is 3.12. The van der Waals surface area contributed by atoms with Gasteiger partial charge >= 0.3 is 0 Å². The summed E-state index contributed by atoms with van der Waals surface area (Å²) in [7, 11) is -2.94. The van der Waals surface area contributed by atoms with Gasteiger partial charge in [0.25, 0.3) is 0 Å². The molecule has 1 aromatic rings. The van der Waals surface area contributed by atoms with Crippen LogP contribution in [-0.2, 0) is 15.3 Å². The van der Waals surface area contributed by atoms with Crippen LogP contribution in [0.4, 0.5) is 5.82 Å². The number of hydrogen-bond acceptors (Lipinski definition) is 5. The molecule has 1 fully saturated rings. The summed E-state index contributed by atoms with van der Waals surface area (Å²) in [6.07, 6.45) is 1.45. The quantitative estimate of drug-likeness (QED) is 0.867. The van der Waals surface area contributed by atoms with Gasteiger partial charge < -0.3 is 5.32 Å². The Labute approximate surface area is 125 Å². The third kappa shape index (κ3) is 3.61.